The molecule has 8 heteroatoms. The summed E-state index contributed by atoms with van der Waals surface area (Å²) in [7, 11) is 1.61. The van der Waals surface area contributed by atoms with E-state index in [1.807, 2.05) is 36.4 Å². The van der Waals surface area contributed by atoms with E-state index in [2.05, 4.69) is 63.6 Å². The summed E-state index contributed by atoms with van der Waals surface area (Å²) < 4.78 is 7.70. The van der Waals surface area contributed by atoms with Crippen molar-refractivity contribution in [2.45, 2.75) is 0 Å². The second-order valence-corrected chi connectivity index (χ2v) is 7.29. The average molecular weight is 520 g/mol. The van der Waals surface area contributed by atoms with Gasteiger partial charge in [0, 0.05) is 13.4 Å². The van der Waals surface area contributed by atoms with Crippen molar-refractivity contribution >= 4 is 65.6 Å². The van der Waals surface area contributed by atoms with E-state index in [9.17, 15) is 4.79 Å². The van der Waals surface area contributed by atoms with Crippen molar-refractivity contribution in [3.63, 3.8) is 0 Å². The minimum atomic E-state index is -0.249. The fourth-order valence-electron chi connectivity index (χ4n) is 1.79. The molecule has 24 heavy (non-hydrogen) atoms. The van der Waals surface area contributed by atoms with Gasteiger partial charge in [-0.15, -0.1) is 0 Å². The molecule has 0 fully saturated rings. The third-order valence-corrected chi connectivity index (χ3v) is 4.66. The Morgan fingerprint density at radius 1 is 1.17 bits per heavy atom. The smallest absolute Gasteiger partial charge is 0.259 e. The summed E-state index contributed by atoms with van der Waals surface area (Å²) >= 11 is 10.3. The zero-order chi connectivity index (χ0) is 17.5. The van der Waals surface area contributed by atoms with E-state index in [1.54, 1.807) is 13.3 Å². The number of carbonyl (C=O) groups is 1. The molecule has 0 aliphatic carbocycles. The monoisotopic (exact) mass is 517 g/mol. The van der Waals surface area contributed by atoms with E-state index < -0.39 is 0 Å². The number of methoxy groups -OCH3 is 1. The Balaban J connectivity index is 1.86. The van der Waals surface area contributed by atoms with Crippen LogP contribution in [0.4, 0.5) is 5.69 Å². The highest BCUT2D eigenvalue weighted by Gasteiger charge is 2.08. The number of carbonyl (C=O) groups excluding carboxylic acids is 1. The number of hydrazone groups is 1. The Kier molecular flexibility index (Phi) is 7.26. The molecule has 0 aromatic heterocycles. The molecule has 5 nitrogen and oxygen atoms in total. The van der Waals surface area contributed by atoms with Gasteiger partial charge in [0.05, 0.1) is 25.6 Å². The number of amides is 1. The van der Waals surface area contributed by atoms with Crippen molar-refractivity contribution in [3.8, 4) is 5.75 Å². The molecule has 0 radical (unpaired) electrons. The molecular weight excluding hydrogens is 506 g/mol. The SMILES string of the molecule is COc1ccc(/C=N/NC(=O)CNc2c(Br)cc(Br)cc2Br)cc1. The second-order valence-electron chi connectivity index (χ2n) is 4.66. The molecule has 0 unspecified atom stereocenters. The zero-order valence-electron chi connectivity index (χ0n) is 12.6. The van der Waals surface area contributed by atoms with Crippen LogP contribution in [0.5, 0.6) is 5.75 Å². The molecule has 2 rings (SSSR count). The van der Waals surface area contributed by atoms with Crippen LogP contribution in [-0.4, -0.2) is 25.8 Å². The molecule has 0 aliphatic rings. The first-order chi connectivity index (χ1) is 11.5. The van der Waals surface area contributed by atoms with Crippen molar-refractivity contribution in [1.29, 1.82) is 0 Å². The van der Waals surface area contributed by atoms with Crippen LogP contribution in [0.2, 0.25) is 0 Å². The molecular formula is C16H14Br3N3O2. The quantitative estimate of drug-likeness (QED) is 0.435. The number of halogens is 3. The lowest BCUT2D eigenvalue weighted by Gasteiger charge is -2.10. The summed E-state index contributed by atoms with van der Waals surface area (Å²) in [6.45, 7) is 0.0960. The number of benzene rings is 2. The van der Waals surface area contributed by atoms with Crippen LogP contribution < -0.4 is 15.5 Å². The molecule has 0 bridgehead atoms. The van der Waals surface area contributed by atoms with Crippen molar-refractivity contribution in [2.75, 3.05) is 19.0 Å². The highest BCUT2D eigenvalue weighted by molar-refractivity contribution is 9.11. The van der Waals surface area contributed by atoms with Crippen molar-refractivity contribution in [1.82, 2.24) is 5.43 Å². The van der Waals surface area contributed by atoms with Gasteiger partial charge in [-0.1, -0.05) is 15.9 Å². The predicted molar refractivity (Wildman–Crippen MR) is 107 cm³/mol. The first-order valence-electron chi connectivity index (χ1n) is 6.84. The van der Waals surface area contributed by atoms with Crippen LogP contribution in [0.25, 0.3) is 0 Å². The maximum Gasteiger partial charge on any atom is 0.259 e. The Morgan fingerprint density at radius 2 is 1.79 bits per heavy atom. The summed E-state index contributed by atoms with van der Waals surface area (Å²) in [6.07, 6.45) is 1.57. The van der Waals surface area contributed by atoms with Gasteiger partial charge in [0.2, 0.25) is 0 Å². The standard InChI is InChI=1S/C16H14Br3N3O2/c1-24-12-4-2-10(3-5-12)8-21-22-15(23)9-20-16-13(18)6-11(17)7-14(16)19/h2-8,20H,9H2,1H3,(H,22,23)/b21-8+. The summed E-state index contributed by atoms with van der Waals surface area (Å²) in [6, 6.07) is 11.1. The van der Waals surface area contributed by atoms with Crippen LogP contribution in [0, 0.1) is 0 Å². The second kappa shape index (κ2) is 9.19. The van der Waals surface area contributed by atoms with Gasteiger partial charge in [0.25, 0.3) is 5.91 Å². The van der Waals surface area contributed by atoms with Crippen LogP contribution >= 0.6 is 47.8 Å². The van der Waals surface area contributed by atoms with Crippen LogP contribution in [0.15, 0.2) is 54.9 Å². The molecule has 2 aromatic carbocycles. The van der Waals surface area contributed by atoms with Crippen LogP contribution in [0.3, 0.4) is 0 Å². The normalized spacial score (nSPS) is 10.7. The maximum absolute atomic E-state index is 11.8. The highest BCUT2D eigenvalue weighted by atomic mass is 79.9. The van der Waals surface area contributed by atoms with Gasteiger partial charge >= 0.3 is 0 Å². The molecule has 1 amide bonds. The number of hydrogen-bond acceptors (Lipinski definition) is 4. The molecule has 0 saturated carbocycles. The summed E-state index contributed by atoms with van der Waals surface area (Å²) in [5, 5.41) is 6.99. The van der Waals surface area contributed by atoms with E-state index in [0.29, 0.717) is 0 Å². The molecule has 0 heterocycles. The largest absolute Gasteiger partial charge is 0.497 e. The Bertz CT molecular complexity index is 726. The molecule has 0 aliphatic heterocycles. The summed E-state index contributed by atoms with van der Waals surface area (Å²) in [4.78, 5) is 11.8. The minimum absolute atomic E-state index is 0.0960. The predicted octanol–water partition coefficient (Wildman–Crippen LogP) is 4.54. The number of hydrogen-bond donors (Lipinski definition) is 2. The lowest BCUT2D eigenvalue weighted by atomic mass is 10.2. The fourth-order valence-corrected chi connectivity index (χ4v) is 4.33. The van der Waals surface area contributed by atoms with Crippen LogP contribution in [-0.2, 0) is 4.79 Å². The minimum Gasteiger partial charge on any atom is -0.497 e. The summed E-state index contributed by atoms with van der Waals surface area (Å²) in [5.41, 5.74) is 4.14. The molecule has 2 N–H and O–H groups in total. The van der Waals surface area contributed by atoms with E-state index in [0.717, 1.165) is 30.4 Å². The third-order valence-electron chi connectivity index (χ3n) is 2.95. The molecule has 126 valence electrons. The fraction of sp³-hybridized carbons (Fsp3) is 0.125. The van der Waals surface area contributed by atoms with Crippen LogP contribution in [0.1, 0.15) is 5.56 Å². The average Bonchev–Trinajstić information content (AvgIpc) is 2.54. The van der Waals surface area contributed by atoms with E-state index in [-0.39, 0.29) is 12.5 Å². The first kappa shape index (κ1) is 19.0. The van der Waals surface area contributed by atoms with E-state index in [1.165, 1.54) is 0 Å². The number of nitrogens with zero attached hydrogens (tertiary/aromatic N) is 1. The third kappa shape index (κ3) is 5.61. The Hall–Kier alpha value is -1.38. The van der Waals surface area contributed by atoms with E-state index in [4.69, 9.17) is 4.74 Å². The van der Waals surface area contributed by atoms with Gasteiger partial charge in [-0.05, 0) is 73.8 Å². The van der Waals surface area contributed by atoms with Gasteiger partial charge < -0.3 is 10.1 Å². The molecule has 0 spiro atoms. The van der Waals surface area contributed by atoms with Crippen molar-refractivity contribution < 1.29 is 9.53 Å². The first-order valence-corrected chi connectivity index (χ1v) is 9.22. The highest BCUT2D eigenvalue weighted by Crippen LogP contribution is 2.34. The molecule has 0 saturated heterocycles. The number of rotatable bonds is 6. The number of ether oxygens (including phenoxy) is 1. The zero-order valence-corrected chi connectivity index (χ0v) is 17.4. The van der Waals surface area contributed by atoms with Gasteiger partial charge in [0.15, 0.2) is 0 Å². The van der Waals surface area contributed by atoms with Gasteiger partial charge in [-0.3, -0.25) is 4.79 Å². The summed E-state index contributed by atoms with van der Waals surface area (Å²) in [5.74, 6) is 0.521. The molecule has 0 atom stereocenters. The van der Waals surface area contributed by atoms with Gasteiger partial charge in [-0.2, -0.15) is 5.10 Å². The molecule has 2 aromatic rings. The van der Waals surface area contributed by atoms with Gasteiger partial charge in [0.1, 0.15) is 5.75 Å². The van der Waals surface area contributed by atoms with Gasteiger partial charge in [-0.25, -0.2) is 5.43 Å². The van der Waals surface area contributed by atoms with E-state index >= 15 is 0 Å². The Morgan fingerprint density at radius 3 is 2.38 bits per heavy atom. The number of nitrogens with one attached hydrogen (secondary N) is 2. The lowest BCUT2D eigenvalue weighted by Crippen LogP contribution is -2.26. The maximum atomic E-state index is 11.8. The topological polar surface area (TPSA) is 62.7 Å². The Labute approximate surface area is 165 Å². The number of anilines is 1. The lowest BCUT2D eigenvalue weighted by molar-refractivity contribution is -0.119. The van der Waals surface area contributed by atoms with Crippen molar-refractivity contribution in [3.05, 3.63) is 55.4 Å². The van der Waals surface area contributed by atoms with Crippen molar-refractivity contribution in [2.24, 2.45) is 5.10 Å².